The first kappa shape index (κ1) is 17.7. The third kappa shape index (κ3) is 3.45. The number of benzene rings is 2. The number of aryl methyl sites for hydroxylation is 1. The highest BCUT2D eigenvalue weighted by Gasteiger charge is 2.43. The summed E-state index contributed by atoms with van der Waals surface area (Å²) in [6.07, 6.45) is 0.181. The molecule has 1 atom stereocenters. The number of anilines is 2. The molecule has 0 bridgehead atoms. The van der Waals surface area contributed by atoms with Gasteiger partial charge in [0.1, 0.15) is 5.82 Å². The monoisotopic (exact) mass is 367 g/mol. The van der Waals surface area contributed by atoms with Crippen LogP contribution in [-0.2, 0) is 9.59 Å². The molecule has 0 aromatic heterocycles. The van der Waals surface area contributed by atoms with E-state index in [1.54, 1.807) is 0 Å². The first-order chi connectivity index (χ1) is 13.0. The molecule has 2 aliphatic heterocycles. The van der Waals surface area contributed by atoms with E-state index in [-0.39, 0.29) is 24.1 Å². The van der Waals surface area contributed by atoms with Gasteiger partial charge in [0.05, 0.1) is 18.2 Å². The Morgan fingerprint density at radius 1 is 0.926 bits per heavy atom. The minimum absolute atomic E-state index is 0.181. The minimum atomic E-state index is -0.429. The van der Waals surface area contributed by atoms with Crippen LogP contribution in [0.2, 0.25) is 0 Å². The van der Waals surface area contributed by atoms with Crippen LogP contribution >= 0.6 is 0 Å². The average molecular weight is 367 g/mol. The summed E-state index contributed by atoms with van der Waals surface area (Å²) in [5.74, 6) is -0.824. The number of amides is 2. The van der Waals surface area contributed by atoms with E-state index in [4.69, 9.17) is 0 Å². The van der Waals surface area contributed by atoms with Crippen molar-refractivity contribution in [3.05, 3.63) is 59.9 Å². The number of imide groups is 1. The molecule has 0 N–H and O–H groups in total. The van der Waals surface area contributed by atoms with Crippen LogP contribution in [0.3, 0.4) is 0 Å². The summed E-state index contributed by atoms with van der Waals surface area (Å²) in [5.41, 5.74) is 2.85. The normalized spacial score (nSPS) is 21.2. The Morgan fingerprint density at radius 3 is 2.30 bits per heavy atom. The quantitative estimate of drug-likeness (QED) is 0.783. The van der Waals surface area contributed by atoms with Gasteiger partial charge >= 0.3 is 0 Å². The predicted octanol–water partition coefficient (Wildman–Crippen LogP) is 2.59. The van der Waals surface area contributed by atoms with Crippen molar-refractivity contribution in [1.29, 1.82) is 0 Å². The molecule has 2 aromatic rings. The van der Waals surface area contributed by atoms with E-state index in [2.05, 4.69) is 41.0 Å². The molecule has 2 heterocycles. The molecule has 2 aromatic carbocycles. The molecule has 2 fully saturated rings. The second kappa shape index (κ2) is 7.12. The maximum Gasteiger partial charge on any atom is 0.251 e. The Bertz CT molecular complexity index is 860. The Labute approximate surface area is 158 Å². The number of hydrogen-bond acceptors (Lipinski definition) is 4. The molecule has 5 nitrogen and oxygen atoms in total. The van der Waals surface area contributed by atoms with E-state index in [1.807, 2.05) is 0 Å². The predicted molar refractivity (Wildman–Crippen MR) is 102 cm³/mol. The van der Waals surface area contributed by atoms with Gasteiger partial charge in [0.15, 0.2) is 0 Å². The second-order valence-electron chi connectivity index (χ2n) is 7.13. The lowest BCUT2D eigenvalue weighted by Crippen LogP contribution is -2.52. The highest BCUT2D eigenvalue weighted by molar-refractivity contribution is 6.22. The average Bonchev–Trinajstić information content (AvgIpc) is 2.97. The fraction of sp³-hybridized carbons (Fsp3) is 0.333. The van der Waals surface area contributed by atoms with Crippen LogP contribution in [0.15, 0.2) is 48.5 Å². The third-order valence-corrected chi connectivity index (χ3v) is 5.33. The van der Waals surface area contributed by atoms with E-state index in [0.29, 0.717) is 5.69 Å². The number of nitrogens with zero attached hydrogens (tertiary/aromatic N) is 3. The van der Waals surface area contributed by atoms with E-state index < -0.39 is 6.04 Å². The minimum Gasteiger partial charge on any atom is -0.369 e. The first-order valence-corrected chi connectivity index (χ1v) is 9.21. The summed E-state index contributed by atoms with van der Waals surface area (Å²) in [4.78, 5) is 30.9. The fourth-order valence-corrected chi connectivity index (χ4v) is 3.88. The van der Waals surface area contributed by atoms with Gasteiger partial charge in [-0.2, -0.15) is 0 Å². The van der Waals surface area contributed by atoms with Crippen LogP contribution in [0.1, 0.15) is 12.0 Å². The van der Waals surface area contributed by atoms with Gasteiger partial charge < -0.3 is 4.90 Å². The maximum absolute atomic E-state index is 13.1. The summed E-state index contributed by atoms with van der Waals surface area (Å²) >= 11 is 0. The van der Waals surface area contributed by atoms with Crippen molar-refractivity contribution in [3.63, 3.8) is 0 Å². The number of carbonyl (C=O) groups excluding carboxylic acids is 2. The molecule has 2 saturated heterocycles. The maximum atomic E-state index is 13.1. The lowest BCUT2D eigenvalue weighted by molar-refractivity contribution is -0.123. The zero-order chi connectivity index (χ0) is 19.0. The van der Waals surface area contributed by atoms with Gasteiger partial charge in [0.25, 0.3) is 5.91 Å². The molecule has 27 heavy (non-hydrogen) atoms. The fourth-order valence-electron chi connectivity index (χ4n) is 3.88. The molecule has 0 unspecified atom stereocenters. The van der Waals surface area contributed by atoms with Gasteiger partial charge in [-0.1, -0.05) is 12.1 Å². The molecule has 0 spiro atoms. The summed E-state index contributed by atoms with van der Waals surface area (Å²) < 4.78 is 13.1. The summed E-state index contributed by atoms with van der Waals surface area (Å²) in [5, 5.41) is 0. The van der Waals surface area contributed by atoms with E-state index >= 15 is 0 Å². The lowest BCUT2D eigenvalue weighted by Gasteiger charge is -2.38. The molecular formula is C21H22FN3O2. The van der Waals surface area contributed by atoms with Crippen LogP contribution in [0, 0.1) is 12.7 Å². The Kier molecular flexibility index (Phi) is 4.66. The number of halogens is 1. The van der Waals surface area contributed by atoms with Gasteiger partial charge in [-0.25, -0.2) is 9.29 Å². The van der Waals surface area contributed by atoms with Crippen LogP contribution in [-0.4, -0.2) is 48.9 Å². The van der Waals surface area contributed by atoms with Gasteiger partial charge in [0.2, 0.25) is 5.91 Å². The largest absolute Gasteiger partial charge is 0.369 e. The standard InChI is InChI=1S/C21H22FN3O2/c1-15-3-2-4-18(13-15)23-9-11-24(12-10-23)19-14-20(26)25(21(19)27)17-7-5-16(22)6-8-17/h2-8,13,19H,9-12,14H2,1H3/t19-/m1/s1. The van der Waals surface area contributed by atoms with Crippen molar-refractivity contribution in [2.45, 2.75) is 19.4 Å². The van der Waals surface area contributed by atoms with Crippen molar-refractivity contribution >= 4 is 23.2 Å². The molecule has 0 radical (unpaired) electrons. The summed E-state index contributed by atoms with van der Waals surface area (Å²) in [7, 11) is 0. The molecule has 0 aliphatic carbocycles. The van der Waals surface area contributed by atoms with Crippen molar-refractivity contribution in [1.82, 2.24) is 4.90 Å². The topological polar surface area (TPSA) is 43.9 Å². The molecule has 2 aliphatic rings. The summed E-state index contributed by atoms with van der Waals surface area (Å²) in [6, 6.07) is 13.4. The lowest BCUT2D eigenvalue weighted by atomic mass is 10.1. The highest BCUT2D eigenvalue weighted by atomic mass is 19.1. The molecule has 140 valence electrons. The second-order valence-corrected chi connectivity index (χ2v) is 7.13. The van der Waals surface area contributed by atoms with E-state index in [0.717, 1.165) is 26.2 Å². The van der Waals surface area contributed by atoms with Crippen molar-refractivity contribution in [3.8, 4) is 0 Å². The smallest absolute Gasteiger partial charge is 0.251 e. The summed E-state index contributed by atoms with van der Waals surface area (Å²) in [6.45, 7) is 5.17. The van der Waals surface area contributed by atoms with Crippen LogP contribution in [0.5, 0.6) is 0 Å². The van der Waals surface area contributed by atoms with Crippen LogP contribution < -0.4 is 9.80 Å². The number of rotatable bonds is 3. The van der Waals surface area contributed by atoms with Crippen LogP contribution in [0.4, 0.5) is 15.8 Å². The molecule has 2 amide bonds. The zero-order valence-electron chi connectivity index (χ0n) is 15.3. The van der Waals surface area contributed by atoms with Crippen molar-refractivity contribution < 1.29 is 14.0 Å². The van der Waals surface area contributed by atoms with Crippen molar-refractivity contribution in [2.24, 2.45) is 0 Å². The zero-order valence-corrected chi connectivity index (χ0v) is 15.3. The van der Waals surface area contributed by atoms with E-state index in [1.165, 1.54) is 40.4 Å². The van der Waals surface area contributed by atoms with Gasteiger partial charge in [-0.15, -0.1) is 0 Å². The molecule has 4 rings (SSSR count). The Morgan fingerprint density at radius 2 is 1.63 bits per heavy atom. The Balaban J connectivity index is 1.43. The number of piperazine rings is 1. The number of hydrogen-bond donors (Lipinski definition) is 0. The van der Waals surface area contributed by atoms with Gasteiger partial charge in [0, 0.05) is 31.9 Å². The SMILES string of the molecule is Cc1cccc(N2CCN([C@@H]3CC(=O)N(c4ccc(F)cc4)C3=O)CC2)c1. The molecular weight excluding hydrogens is 345 g/mol. The Hall–Kier alpha value is -2.73. The van der Waals surface area contributed by atoms with Crippen molar-refractivity contribution in [2.75, 3.05) is 36.0 Å². The number of carbonyl (C=O) groups is 2. The van der Waals surface area contributed by atoms with Gasteiger partial charge in [-0.05, 0) is 48.9 Å². The molecule has 0 saturated carbocycles. The molecule has 6 heteroatoms. The first-order valence-electron chi connectivity index (χ1n) is 9.21. The third-order valence-electron chi connectivity index (χ3n) is 5.33. The van der Waals surface area contributed by atoms with Gasteiger partial charge in [-0.3, -0.25) is 14.5 Å². The van der Waals surface area contributed by atoms with Crippen LogP contribution in [0.25, 0.3) is 0 Å². The van der Waals surface area contributed by atoms with E-state index in [9.17, 15) is 14.0 Å². The highest BCUT2D eigenvalue weighted by Crippen LogP contribution is 2.27.